The first-order valence-electron chi connectivity index (χ1n) is 10.8. The van der Waals surface area contributed by atoms with Crippen LogP contribution in [0.25, 0.3) is 0 Å². The van der Waals surface area contributed by atoms with Crippen LogP contribution in [0.3, 0.4) is 0 Å². The van der Waals surface area contributed by atoms with Gasteiger partial charge in [0, 0.05) is 6.54 Å². The Hall–Kier alpha value is -2.74. The summed E-state index contributed by atoms with van der Waals surface area (Å²) in [6.45, 7) is 0.806. The predicted molar refractivity (Wildman–Crippen MR) is 116 cm³/mol. The van der Waals surface area contributed by atoms with E-state index in [9.17, 15) is 13.2 Å². The largest absolute Gasteiger partial charge is 0.496 e. The number of sulfonamides is 1. The highest BCUT2D eigenvalue weighted by atomic mass is 32.2. The van der Waals surface area contributed by atoms with Gasteiger partial charge in [-0.15, -0.1) is 0 Å². The van der Waals surface area contributed by atoms with Gasteiger partial charge in [0.15, 0.2) is 0 Å². The SMILES string of the molecule is COc1ccc(C2CCC2)c2c1[C@H](C(=O)NS(=O)(=O)c1cccc3c1NCCC3)CO2. The summed E-state index contributed by atoms with van der Waals surface area (Å²) in [4.78, 5) is 13.3. The number of carbonyl (C=O) groups is 1. The molecule has 2 aliphatic heterocycles. The molecule has 1 fully saturated rings. The smallest absolute Gasteiger partial charge is 0.266 e. The minimum atomic E-state index is -4.04. The highest BCUT2D eigenvalue weighted by Gasteiger charge is 2.39. The number of carbonyl (C=O) groups excluding carboxylic acids is 1. The van der Waals surface area contributed by atoms with E-state index in [2.05, 4.69) is 10.0 Å². The van der Waals surface area contributed by atoms with Gasteiger partial charge in [-0.2, -0.15) is 0 Å². The van der Waals surface area contributed by atoms with Crippen LogP contribution in [-0.2, 0) is 21.2 Å². The molecule has 164 valence electrons. The number of anilines is 1. The molecule has 1 saturated carbocycles. The Labute approximate surface area is 182 Å². The first-order chi connectivity index (χ1) is 15.0. The van der Waals surface area contributed by atoms with Gasteiger partial charge >= 0.3 is 0 Å². The number of hydrogen-bond donors (Lipinski definition) is 2. The molecule has 7 nitrogen and oxygen atoms in total. The van der Waals surface area contributed by atoms with Crippen molar-refractivity contribution in [3.63, 3.8) is 0 Å². The van der Waals surface area contributed by atoms with Crippen molar-refractivity contribution in [1.82, 2.24) is 4.72 Å². The normalized spacial score (nSPS) is 20.0. The molecule has 2 N–H and O–H groups in total. The zero-order valence-corrected chi connectivity index (χ0v) is 18.3. The van der Waals surface area contributed by atoms with E-state index in [1.807, 2.05) is 18.2 Å². The number of amides is 1. The van der Waals surface area contributed by atoms with Crippen molar-refractivity contribution in [3.8, 4) is 11.5 Å². The Morgan fingerprint density at radius 3 is 2.77 bits per heavy atom. The third-order valence-corrected chi connectivity index (χ3v) is 7.96. The number of nitrogens with one attached hydrogen (secondary N) is 2. The Balaban J connectivity index is 1.45. The average Bonchev–Trinajstić information content (AvgIpc) is 3.18. The third kappa shape index (κ3) is 3.43. The van der Waals surface area contributed by atoms with Crippen LogP contribution >= 0.6 is 0 Å². The second kappa shape index (κ2) is 7.75. The maximum absolute atomic E-state index is 13.2. The number of ether oxygens (including phenoxy) is 2. The standard InChI is InChI=1S/C23H26N2O5S/c1-29-18-11-10-16(14-5-2-6-14)22-20(18)17(13-30-22)23(26)25-31(27,28)19-9-3-7-15-8-4-12-24-21(15)19/h3,7,9-11,14,17,24H,2,4-6,8,12-13H2,1H3,(H,25,26)/t17-/m1/s1. The van der Waals surface area contributed by atoms with Crippen molar-refractivity contribution in [1.29, 1.82) is 0 Å². The van der Waals surface area contributed by atoms with Crippen molar-refractivity contribution in [3.05, 3.63) is 47.0 Å². The van der Waals surface area contributed by atoms with E-state index < -0.39 is 21.8 Å². The Bertz CT molecular complexity index is 1140. The van der Waals surface area contributed by atoms with Gasteiger partial charge in [-0.25, -0.2) is 13.1 Å². The maximum atomic E-state index is 13.2. The van der Waals surface area contributed by atoms with Crippen molar-refractivity contribution in [2.75, 3.05) is 25.6 Å². The van der Waals surface area contributed by atoms with Crippen LogP contribution < -0.4 is 19.5 Å². The molecule has 1 atom stereocenters. The lowest BCUT2D eigenvalue weighted by Crippen LogP contribution is -2.36. The molecule has 0 bridgehead atoms. The highest BCUT2D eigenvalue weighted by Crippen LogP contribution is 2.49. The number of hydrogen-bond acceptors (Lipinski definition) is 6. The number of rotatable bonds is 5. The Morgan fingerprint density at radius 1 is 1.19 bits per heavy atom. The quantitative estimate of drug-likeness (QED) is 0.738. The zero-order valence-electron chi connectivity index (χ0n) is 17.4. The van der Waals surface area contributed by atoms with E-state index in [4.69, 9.17) is 9.47 Å². The van der Waals surface area contributed by atoms with Gasteiger partial charge < -0.3 is 14.8 Å². The molecular formula is C23H26N2O5S. The molecule has 1 amide bonds. The molecule has 2 aromatic rings. The van der Waals surface area contributed by atoms with Crippen LogP contribution in [0.4, 0.5) is 5.69 Å². The van der Waals surface area contributed by atoms with E-state index in [0.29, 0.717) is 35.2 Å². The fourth-order valence-corrected chi connectivity index (χ4v) is 5.97. The van der Waals surface area contributed by atoms with Gasteiger partial charge in [0.1, 0.15) is 28.9 Å². The number of fused-ring (bicyclic) bond motifs is 2. The zero-order chi connectivity index (χ0) is 21.6. The van der Waals surface area contributed by atoms with Crippen LogP contribution in [0, 0.1) is 0 Å². The van der Waals surface area contributed by atoms with Crippen LogP contribution in [-0.4, -0.2) is 34.6 Å². The summed E-state index contributed by atoms with van der Waals surface area (Å²) in [5, 5.41) is 3.17. The lowest BCUT2D eigenvalue weighted by molar-refractivity contribution is -0.121. The van der Waals surface area contributed by atoms with Gasteiger partial charge in [-0.1, -0.05) is 24.6 Å². The summed E-state index contributed by atoms with van der Waals surface area (Å²) >= 11 is 0. The molecule has 0 unspecified atom stereocenters. The molecule has 2 aromatic carbocycles. The summed E-state index contributed by atoms with van der Waals surface area (Å²) in [7, 11) is -2.49. The summed E-state index contributed by atoms with van der Waals surface area (Å²) in [6, 6.07) is 9.01. The van der Waals surface area contributed by atoms with Crippen molar-refractivity contribution in [2.24, 2.45) is 0 Å². The average molecular weight is 443 g/mol. The Morgan fingerprint density at radius 2 is 2.03 bits per heavy atom. The molecule has 1 aliphatic carbocycles. The molecule has 31 heavy (non-hydrogen) atoms. The van der Waals surface area contributed by atoms with Gasteiger partial charge in [-0.05, 0) is 54.9 Å². The van der Waals surface area contributed by atoms with Gasteiger partial charge in [-0.3, -0.25) is 4.79 Å². The van der Waals surface area contributed by atoms with Crippen molar-refractivity contribution in [2.45, 2.75) is 48.8 Å². The van der Waals surface area contributed by atoms with E-state index >= 15 is 0 Å². The van der Waals surface area contributed by atoms with Gasteiger partial charge in [0.2, 0.25) is 5.91 Å². The Kier molecular flexibility index (Phi) is 5.04. The van der Waals surface area contributed by atoms with Crippen LogP contribution in [0.5, 0.6) is 11.5 Å². The monoisotopic (exact) mass is 442 g/mol. The molecular weight excluding hydrogens is 416 g/mol. The number of para-hydroxylation sites is 1. The van der Waals surface area contributed by atoms with Gasteiger partial charge in [0.05, 0.1) is 18.4 Å². The summed E-state index contributed by atoms with van der Waals surface area (Å²) < 4.78 is 40.0. The fourth-order valence-electron chi connectivity index (χ4n) is 4.73. The fraction of sp³-hybridized carbons (Fsp3) is 0.435. The summed E-state index contributed by atoms with van der Waals surface area (Å²) in [6.07, 6.45) is 5.13. The predicted octanol–water partition coefficient (Wildman–Crippen LogP) is 3.30. The molecule has 0 aromatic heterocycles. The van der Waals surface area contributed by atoms with Gasteiger partial charge in [0.25, 0.3) is 10.0 Å². The minimum absolute atomic E-state index is 0.0991. The number of aryl methyl sites for hydroxylation is 1. The topological polar surface area (TPSA) is 93.7 Å². The molecule has 8 heteroatoms. The first kappa shape index (κ1) is 20.2. The second-order valence-corrected chi connectivity index (χ2v) is 10.0. The highest BCUT2D eigenvalue weighted by molar-refractivity contribution is 7.90. The van der Waals surface area contributed by atoms with Crippen LogP contribution in [0.1, 0.15) is 54.2 Å². The second-order valence-electron chi connectivity index (χ2n) is 8.38. The molecule has 0 spiro atoms. The van der Waals surface area contributed by atoms with E-state index in [-0.39, 0.29) is 11.5 Å². The molecule has 3 aliphatic rings. The lowest BCUT2D eigenvalue weighted by Gasteiger charge is -2.27. The summed E-state index contributed by atoms with van der Waals surface area (Å²) in [5.41, 5.74) is 3.26. The molecule has 0 saturated heterocycles. The maximum Gasteiger partial charge on any atom is 0.266 e. The first-order valence-corrected chi connectivity index (χ1v) is 12.2. The van der Waals surface area contributed by atoms with Crippen LogP contribution in [0.15, 0.2) is 35.2 Å². The van der Waals surface area contributed by atoms with Crippen molar-refractivity contribution < 1.29 is 22.7 Å². The lowest BCUT2D eigenvalue weighted by atomic mass is 9.78. The van der Waals surface area contributed by atoms with E-state index in [0.717, 1.165) is 36.8 Å². The molecule has 0 radical (unpaired) electrons. The van der Waals surface area contributed by atoms with Crippen LogP contribution in [0.2, 0.25) is 0 Å². The number of benzene rings is 2. The molecule has 5 rings (SSSR count). The minimum Gasteiger partial charge on any atom is -0.496 e. The number of methoxy groups -OCH3 is 1. The van der Waals surface area contributed by atoms with Crippen molar-refractivity contribution >= 4 is 21.6 Å². The van der Waals surface area contributed by atoms with E-state index in [1.165, 1.54) is 12.5 Å². The molecule has 2 heterocycles. The third-order valence-electron chi connectivity index (χ3n) is 6.57. The van der Waals surface area contributed by atoms with E-state index in [1.54, 1.807) is 13.2 Å². The summed E-state index contributed by atoms with van der Waals surface area (Å²) in [5.74, 6) is 0.308.